The van der Waals surface area contributed by atoms with Gasteiger partial charge < -0.3 is 4.74 Å². The van der Waals surface area contributed by atoms with Gasteiger partial charge in [0.15, 0.2) is 5.78 Å². The highest BCUT2D eigenvalue weighted by molar-refractivity contribution is 6.64. The average Bonchev–Trinajstić information content (AvgIpc) is 2.39. The second-order valence-corrected chi connectivity index (χ2v) is 4.63. The lowest BCUT2D eigenvalue weighted by Crippen LogP contribution is -2.25. The topological polar surface area (TPSA) is 67.8 Å². The number of hydrazone groups is 1. The van der Waals surface area contributed by atoms with Gasteiger partial charge in [0.25, 0.3) is 0 Å². The molecule has 0 aromatic heterocycles. The van der Waals surface area contributed by atoms with Crippen LogP contribution in [0.1, 0.15) is 39.2 Å². The van der Waals surface area contributed by atoms with Crippen molar-refractivity contribution in [2.24, 2.45) is 5.10 Å². The number of nitrogens with one attached hydrogen (secondary N) is 1. The lowest BCUT2D eigenvalue weighted by atomic mass is 10.0. The quantitative estimate of drug-likeness (QED) is 0.375. The smallest absolute Gasteiger partial charge is 0.362 e. The van der Waals surface area contributed by atoms with Crippen molar-refractivity contribution in [2.45, 2.75) is 33.6 Å². The van der Waals surface area contributed by atoms with Gasteiger partial charge in [-0.1, -0.05) is 26.0 Å². The van der Waals surface area contributed by atoms with Gasteiger partial charge in [-0.3, -0.25) is 10.2 Å². The summed E-state index contributed by atoms with van der Waals surface area (Å²) in [4.78, 5) is 22.9. The van der Waals surface area contributed by atoms with Crippen molar-refractivity contribution >= 4 is 23.2 Å². The Labute approximate surface area is 119 Å². The van der Waals surface area contributed by atoms with Crippen molar-refractivity contribution in [3.8, 4) is 0 Å². The first-order chi connectivity index (χ1) is 9.45. The molecule has 1 aromatic carbocycles. The first kappa shape index (κ1) is 15.9. The highest BCUT2D eigenvalue weighted by Gasteiger charge is 2.17. The van der Waals surface area contributed by atoms with Crippen LogP contribution in [0.25, 0.3) is 0 Å². The van der Waals surface area contributed by atoms with Crippen LogP contribution in [0, 0.1) is 0 Å². The summed E-state index contributed by atoms with van der Waals surface area (Å²) in [7, 11) is 0. The fraction of sp³-hybridized carbons (Fsp3) is 0.400. The number of carbonyl (C=O) groups excluding carboxylic acids is 2. The number of nitrogens with zero attached hydrogens (tertiary/aromatic N) is 1. The first-order valence-electron chi connectivity index (χ1n) is 6.57. The first-order valence-corrected chi connectivity index (χ1v) is 6.57. The number of benzene rings is 1. The Morgan fingerprint density at radius 1 is 1.25 bits per heavy atom. The molecule has 0 aliphatic carbocycles. The molecular formula is C15H20N2O3. The molecule has 108 valence electrons. The van der Waals surface area contributed by atoms with Crippen LogP contribution in [0.2, 0.25) is 0 Å². The summed E-state index contributed by atoms with van der Waals surface area (Å²) in [5.74, 6) is -0.707. The lowest BCUT2D eigenvalue weighted by molar-refractivity contribution is -0.135. The SMILES string of the molecule is CCOC(=O)/C(=N\Nc1ccc(C(C)C)cc1)C(C)=O. The molecule has 0 aliphatic heterocycles. The number of esters is 1. The van der Waals surface area contributed by atoms with Crippen LogP contribution in [0.15, 0.2) is 29.4 Å². The third kappa shape index (κ3) is 4.50. The summed E-state index contributed by atoms with van der Waals surface area (Å²) in [6.45, 7) is 7.37. The van der Waals surface area contributed by atoms with E-state index in [1.54, 1.807) is 6.92 Å². The average molecular weight is 276 g/mol. The molecule has 0 aliphatic rings. The van der Waals surface area contributed by atoms with Gasteiger partial charge in [-0.25, -0.2) is 4.79 Å². The monoisotopic (exact) mass is 276 g/mol. The van der Waals surface area contributed by atoms with Gasteiger partial charge in [0.2, 0.25) is 5.71 Å². The molecule has 0 heterocycles. The minimum absolute atomic E-state index is 0.203. The Morgan fingerprint density at radius 3 is 2.30 bits per heavy atom. The summed E-state index contributed by atoms with van der Waals surface area (Å²) >= 11 is 0. The summed E-state index contributed by atoms with van der Waals surface area (Å²) in [5.41, 5.74) is 4.37. The van der Waals surface area contributed by atoms with Crippen molar-refractivity contribution in [3.05, 3.63) is 29.8 Å². The molecule has 0 bridgehead atoms. The Hall–Kier alpha value is -2.17. The number of ketones is 1. The molecule has 0 fully saturated rings. The largest absolute Gasteiger partial charge is 0.461 e. The standard InChI is InChI=1S/C15H20N2O3/c1-5-20-15(19)14(11(4)18)17-16-13-8-6-12(7-9-13)10(2)3/h6-10,16H,5H2,1-4H3/b17-14-. The summed E-state index contributed by atoms with van der Waals surface area (Å²) < 4.78 is 4.77. The van der Waals surface area contributed by atoms with Crippen molar-refractivity contribution in [2.75, 3.05) is 12.0 Å². The zero-order chi connectivity index (χ0) is 15.1. The molecule has 0 saturated carbocycles. The zero-order valence-electron chi connectivity index (χ0n) is 12.3. The fourth-order valence-corrected chi connectivity index (χ4v) is 1.53. The molecule has 0 radical (unpaired) electrons. The van der Waals surface area contributed by atoms with Crippen LogP contribution < -0.4 is 5.43 Å². The van der Waals surface area contributed by atoms with Gasteiger partial charge >= 0.3 is 5.97 Å². The minimum atomic E-state index is -0.716. The number of rotatable bonds is 6. The molecule has 1 rings (SSSR count). The van der Waals surface area contributed by atoms with Crippen molar-refractivity contribution in [1.82, 2.24) is 0 Å². The van der Waals surface area contributed by atoms with E-state index in [0.29, 0.717) is 11.6 Å². The molecular weight excluding hydrogens is 256 g/mol. The molecule has 0 atom stereocenters. The Bertz CT molecular complexity index is 504. The van der Waals surface area contributed by atoms with Crippen molar-refractivity contribution in [3.63, 3.8) is 0 Å². The summed E-state index contributed by atoms with van der Waals surface area (Å²) in [6.07, 6.45) is 0. The number of anilines is 1. The van der Waals surface area contributed by atoms with Gasteiger partial charge in [0.05, 0.1) is 12.3 Å². The summed E-state index contributed by atoms with van der Waals surface area (Å²) in [6, 6.07) is 7.64. The van der Waals surface area contributed by atoms with Crippen molar-refractivity contribution < 1.29 is 14.3 Å². The van der Waals surface area contributed by atoms with Gasteiger partial charge in [-0.15, -0.1) is 0 Å². The van der Waals surface area contributed by atoms with E-state index in [4.69, 9.17) is 4.74 Å². The highest BCUT2D eigenvalue weighted by atomic mass is 16.5. The van der Waals surface area contributed by atoms with E-state index in [1.807, 2.05) is 24.3 Å². The molecule has 5 heteroatoms. The second kappa shape index (κ2) is 7.43. The maximum Gasteiger partial charge on any atom is 0.362 e. The Kier molecular flexibility index (Phi) is 5.90. The third-order valence-corrected chi connectivity index (χ3v) is 2.68. The number of Topliss-reactive ketones (excluding diaryl/α,β-unsaturated/α-hetero) is 1. The number of carbonyl (C=O) groups is 2. The van der Waals surface area contributed by atoms with Crippen LogP contribution in [0.5, 0.6) is 0 Å². The second-order valence-electron chi connectivity index (χ2n) is 4.63. The lowest BCUT2D eigenvalue weighted by Gasteiger charge is -2.07. The maximum atomic E-state index is 11.5. The van der Waals surface area contributed by atoms with Gasteiger partial charge in [-0.2, -0.15) is 5.10 Å². The molecule has 0 unspecified atom stereocenters. The Balaban J connectivity index is 2.82. The van der Waals surface area contributed by atoms with Crippen LogP contribution >= 0.6 is 0 Å². The molecule has 1 aromatic rings. The minimum Gasteiger partial charge on any atom is -0.461 e. The van der Waals surface area contributed by atoms with Crippen LogP contribution in [-0.4, -0.2) is 24.1 Å². The van der Waals surface area contributed by atoms with E-state index in [2.05, 4.69) is 24.4 Å². The van der Waals surface area contributed by atoms with E-state index in [0.717, 1.165) is 0 Å². The Morgan fingerprint density at radius 2 is 1.85 bits per heavy atom. The highest BCUT2D eigenvalue weighted by Crippen LogP contribution is 2.17. The van der Waals surface area contributed by atoms with Crippen molar-refractivity contribution in [1.29, 1.82) is 0 Å². The van der Waals surface area contributed by atoms with E-state index >= 15 is 0 Å². The van der Waals surface area contributed by atoms with Crippen LogP contribution in [0.3, 0.4) is 0 Å². The van der Waals surface area contributed by atoms with E-state index < -0.39 is 11.8 Å². The predicted molar refractivity (Wildman–Crippen MR) is 78.9 cm³/mol. The van der Waals surface area contributed by atoms with E-state index in [-0.39, 0.29) is 12.3 Å². The molecule has 0 saturated heterocycles. The van der Waals surface area contributed by atoms with Crippen LogP contribution in [-0.2, 0) is 14.3 Å². The molecule has 0 amide bonds. The van der Waals surface area contributed by atoms with Gasteiger partial charge in [0, 0.05) is 6.92 Å². The number of hydrogen-bond donors (Lipinski definition) is 1. The number of ether oxygens (including phenoxy) is 1. The molecule has 0 spiro atoms. The third-order valence-electron chi connectivity index (χ3n) is 2.68. The predicted octanol–water partition coefficient (Wildman–Crippen LogP) is 2.73. The zero-order valence-corrected chi connectivity index (χ0v) is 12.3. The van der Waals surface area contributed by atoms with E-state index in [9.17, 15) is 9.59 Å². The number of hydrogen-bond acceptors (Lipinski definition) is 5. The van der Waals surface area contributed by atoms with Crippen LogP contribution in [0.4, 0.5) is 5.69 Å². The molecule has 5 nitrogen and oxygen atoms in total. The fourth-order valence-electron chi connectivity index (χ4n) is 1.53. The van der Waals surface area contributed by atoms with Gasteiger partial charge in [-0.05, 0) is 30.5 Å². The maximum absolute atomic E-state index is 11.5. The molecule has 1 N–H and O–H groups in total. The normalized spacial score (nSPS) is 11.3. The van der Waals surface area contributed by atoms with Gasteiger partial charge in [0.1, 0.15) is 0 Å². The van der Waals surface area contributed by atoms with E-state index in [1.165, 1.54) is 12.5 Å². The molecule has 20 heavy (non-hydrogen) atoms. The summed E-state index contributed by atoms with van der Waals surface area (Å²) in [5, 5.41) is 3.83.